The zero-order valence-electron chi connectivity index (χ0n) is 17.0. The first kappa shape index (κ1) is 26.2. The lowest BCUT2D eigenvalue weighted by Crippen LogP contribution is -2.70. The number of nitrogen functional groups attached to an aromatic ring is 1. The molecule has 2 aliphatic heterocycles. The van der Waals surface area contributed by atoms with Gasteiger partial charge in [-0.3, -0.25) is 9.00 Å². The van der Waals surface area contributed by atoms with Crippen LogP contribution in [0, 0.1) is 0 Å². The lowest BCUT2D eigenvalue weighted by atomic mass is 9.96. The minimum absolute atomic E-state index is 0.0515. The van der Waals surface area contributed by atoms with Crippen LogP contribution in [-0.2, 0) is 34.8 Å². The van der Waals surface area contributed by atoms with Gasteiger partial charge in [-0.15, -0.1) is 22.9 Å². The average Bonchev–Trinajstić information content (AvgIpc) is 3.18. The van der Waals surface area contributed by atoms with E-state index in [0.717, 1.165) is 23.1 Å². The van der Waals surface area contributed by atoms with Crippen LogP contribution in [-0.4, -0.2) is 80.5 Å². The van der Waals surface area contributed by atoms with Crippen molar-refractivity contribution < 1.29 is 41.3 Å². The Morgan fingerprint density at radius 1 is 1.47 bits per heavy atom. The first-order valence-electron chi connectivity index (χ1n) is 9.02. The Morgan fingerprint density at radius 2 is 2.18 bits per heavy atom. The lowest BCUT2D eigenvalue weighted by Gasteiger charge is -2.52. The van der Waals surface area contributed by atoms with Crippen LogP contribution in [0.2, 0.25) is 0 Å². The van der Waals surface area contributed by atoms with Gasteiger partial charge in [0.1, 0.15) is 22.7 Å². The number of carbonyl (C=O) groups is 3. The van der Waals surface area contributed by atoms with Crippen LogP contribution in [0.5, 0.6) is 0 Å². The van der Waals surface area contributed by atoms with Crippen molar-refractivity contribution in [3.8, 4) is 0 Å². The van der Waals surface area contributed by atoms with Gasteiger partial charge in [-0.25, -0.2) is 14.6 Å². The summed E-state index contributed by atoms with van der Waals surface area (Å²) in [5.74, 6) is -5.09. The molecule has 1 aromatic rings. The van der Waals surface area contributed by atoms with Gasteiger partial charge in [0.05, 0.1) is 33.8 Å². The van der Waals surface area contributed by atoms with E-state index >= 15 is 0 Å². The van der Waals surface area contributed by atoms with Gasteiger partial charge in [0.2, 0.25) is 0 Å². The number of esters is 2. The lowest BCUT2D eigenvalue weighted by molar-refractivity contribution is -0.201. The number of carbonyl (C=O) groups excluding carboxylic acids is 3. The number of fused-ring (bicyclic) bond motifs is 1. The first-order valence-corrected chi connectivity index (χ1v) is 12.7. The second kappa shape index (κ2) is 10.5. The Morgan fingerprint density at radius 3 is 2.74 bits per heavy atom. The fourth-order valence-electron chi connectivity index (χ4n) is 3.11. The molecule has 1 amide bonds. The number of ether oxygens (including phenoxy) is 1. The van der Waals surface area contributed by atoms with Crippen molar-refractivity contribution in [3.05, 3.63) is 21.0 Å². The highest BCUT2D eigenvalue weighted by Crippen LogP contribution is 2.39. The van der Waals surface area contributed by atoms with Gasteiger partial charge in [0.25, 0.3) is 5.91 Å². The third kappa shape index (κ3) is 5.47. The predicted octanol–water partition coefficient (Wildman–Crippen LogP) is 0.738. The highest BCUT2D eigenvalue weighted by atomic mass is 35.5. The zero-order valence-corrected chi connectivity index (χ0v) is 20.2. The van der Waals surface area contributed by atoms with Gasteiger partial charge in [0.15, 0.2) is 10.8 Å². The quantitative estimate of drug-likeness (QED) is 0.160. The molecule has 1 fully saturated rings. The number of aromatic nitrogens is 1. The number of amides is 1. The molecule has 3 atom stereocenters. The number of nitrogens with one attached hydrogen (secondary N) is 1. The highest BCUT2D eigenvalue weighted by Gasteiger charge is 2.51. The minimum Gasteiger partial charge on any atom is -0.398 e. The van der Waals surface area contributed by atoms with E-state index in [0.29, 0.717) is 0 Å². The largest absolute Gasteiger partial charge is 0.491 e. The maximum atomic E-state index is 12.8. The zero-order chi connectivity index (χ0) is 25.2. The fourth-order valence-corrected chi connectivity index (χ4v) is 6.82. The molecule has 0 saturated carbocycles. The average molecular weight is 562 g/mol. The third-order valence-corrected chi connectivity index (χ3v) is 8.27. The molecule has 2 aliphatic rings. The number of alkyl halides is 4. The summed E-state index contributed by atoms with van der Waals surface area (Å²) in [5.41, 5.74) is 5.08. The molecule has 0 radical (unpaired) electrons. The Labute approximate surface area is 205 Å². The van der Waals surface area contributed by atoms with Crippen molar-refractivity contribution >= 4 is 74.2 Å². The number of thiazole rings is 1. The summed E-state index contributed by atoms with van der Waals surface area (Å²) in [6.07, 6.45) is -5.40. The molecule has 0 aliphatic carbocycles. The summed E-state index contributed by atoms with van der Waals surface area (Å²) >= 11 is 7.49. The van der Waals surface area contributed by atoms with Crippen molar-refractivity contribution in [3.63, 3.8) is 0 Å². The monoisotopic (exact) mass is 561 g/mol. The van der Waals surface area contributed by atoms with E-state index in [4.69, 9.17) is 17.3 Å². The smallest absolute Gasteiger partial charge is 0.398 e. The number of halogens is 4. The molecule has 34 heavy (non-hydrogen) atoms. The number of anilines is 1. The van der Waals surface area contributed by atoms with Crippen molar-refractivity contribution in [2.24, 2.45) is 5.16 Å². The molecule has 1 saturated heterocycles. The van der Waals surface area contributed by atoms with Gasteiger partial charge in [0, 0.05) is 11.9 Å². The number of rotatable bonds is 7. The summed E-state index contributed by atoms with van der Waals surface area (Å²) in [7, 11) is -0.635. The maximum absolute atomic E-state index is 12.8. The molecule has 0 bridgehead atoms. The number of oxime groups is 1. The van der Waals surface area contributed by atoms with Crippen LogP contribution in [0.25, 0.3) is 0 Å². The SMILES string of the molecule is CO/N=C(/C(=O)NC1CN2C(C(=O)OC(=O)C(F)(F)F)=C(SCCl)S(=O)CC12)c1csc(N)n1. The van der Waals surface area contributed by atoms with Crippen LogP contribution in [0.1, 0.15) is 5.69 Å². The number of hydrogen-bond acceptors (Lipinski definition) is 12. The molecule has 3 rings (SSSR count). The highest BCUT2D eigenvalue weighted by molar-refractivity contribution is 8.17. The Hall–Kier alpha value is -2.37. The molecule has 0 aromatic carbocycles. The van der Waals surface area contributed by atoms with Gasteiger partial charge in [-0.2, -0.15) is 13.2 Å². The van der Waals surface area contributed by atoms with Crippen LogP contribution in [0.3, 0.4) is 0 Å². The number of nitrogens with two attached hydrogens (primary N) is 1. The van der Waals surface area contributed by atoms with Crippen LogP contribution in [0.15, 0.2) is 20.5 Å². The molecule has 1 aromatic heterocycles. The molecule has 0 spiro atoms. The van der Waals surface area contributed by atoms with E-state index < -0.39 is 52.6 Å². The van der Waals surface area contributed by atoms with Gasteiger partial charge < -0.3 is 25.5 Å². The van der Waals surface area contributed by atoms with Crippen molar-refractivity contribution in [1.29, 1.82) is 0 Å². The summed E-state index contributed by atoms with van der Waals surface area (Å²) < 4.78 is 54.2. The molecule has 11 nitrogen and oxygen atoms in total. The van der Waals surface area contributed by atoms with E-state index in [-0.39, 0.29) is 38.3 Å². The summed E-state index contributed by atoms with van der Waals surface area (Å²) in [5, 5.41) is 7.81. The van der Waals surface area contributed by atoms with Crippen LogP contribution >= 0.6 is 34.7 Å². The standard InChI is InChI=1S/C16H15ClF3N5O6S3/c1-30-24-9(7-3-32-15(21)23-7)11(26)22-6-2-25-8(6)4-34(29)13(33-5-17)10(25)12(27)31-14(28)16(18,19)20/h3,6,8H,2,4-5H2,1H3,(H2,21,23)(H,22,26)/b24-9+. The molecular formula is C16H15ClF3N5O6S3. The van der Waals surface area contributed by atoms with E-state index in [2.05, 4.69) is 25.0 Å². The number of nitrogens with zero attached hydrogens (tertiary/aromatic N) is 3. The molecular weight excluding hydrogens is 547 g/mol. The minimum atomic E-state index is -5.40. The summed E-state index contributed by atoms with van der Waals surface area (Å²) in [6, 6.07) is -1.41. The van der Waals surface area contributed by atoms with Gasteiger partial charge >= 0.3 is 18.1 Å². The maximum Gasteiger partial charge on any atom is 0.491 e. The van der Waals surface area contributed by atoms with E-state index in [1.165, 1.54) is 17.4 Å². The van der Waals surface area contributed by atoms with Crippen molar-refractivity contribution in [2.75, 3.05) is 30.4 Å². The van der Waals surface area contributed by atoms with Crippen LogP contribution < -0.4 is 11.1 Å². The van der Waals surface area contributed by atoms with E-state index in [1.807, 2.05) is 0 Å². The number of thioether (sulfide) groups is 1. The Bertz CT molecular complexity index is 1090. The summed E-state index contributed by atoms with van der Waals surface area (Å²) in [4.78, 5) is 46.3. The summed E-state index contributed by atoms with van der Waals surface area (Å²) in [6.45, 7) is -0.0515. The predicted molar refractivity (Wildman–Crippen MR) is 118 cm³/mol. The van der Waals surface area contributed by atoms with Crippen molar-refractivity contribution in [1.82, 2.24) is 15.2 Å². The second-order valence-electron chi connectivity index (χ2n) is 6.57. The first-order chi connectivity index (χ1) is 16.0. The molecule has 3 N–H and O–H groups in total. The Balaban J connectivity index is 1.80. The topological polar surface area (TPSA) is 153 Å². The van der Waals surface area contributed by atoms with E-state index in [9.17, 15) is 31.8 Å². The van der Waals surface area contributed by atoms with Crippen molar-refractivity contribution in [2.45, 2.75) is 18.3 Å². The normalized spacial score (nSPS) is 22.6. The molecule has 3 unspecified atom stereocenters. The molecule has 3 heterocycles. The number of hydrogen-bond donors (Lipinski definition) is 2. The molecule has 186 valence electrons. The Kier molecular flexibility index (Phi) is 8.10. The fraction of sp³-hybridized carbons (Fsp3) is 0.438. The van der Waals surface area contributed by atoms with Gasteiger partial charge in [-0.1, -0.05) is 16.9 Å². The van der Waals surface area contributed by atoms with Crippen LogP contribution in [0.4, 0.5) is 18.3 Å². The third-order valence-electron chi connectivity index (χ3n) is 4.54. The van der Waals surface area contributed by atoms with E-state index in [1.54, 1.807) is 0 Å². The molecule has 18 heteroatoms. The second-order valence-corrected chi connectivity index (χ2v) is 10.7. The van der Waals surface area contributed by atoms with Gasteiger partial charge in [-0.05, 0) is 0 Å².